The quantitative estimate of drug-likeness (QED) is 0.591. The van der Waals surface area contributed by atoms with Gasteiger partial charge in [0.15, 0.2) is 5.82 Å². The maximum absolute atomic E-state index is 13.1. The number of nitrogens with one attached hydrogen (secondary N) is 2. The Balaban J connectivity index is 1.95. The number of nitrogens with zero attached hydrogens (tertiary/aromatic N) is 4. The van der Waals surface area contributed by atoms with Gasteiger partial charge in [-0.3, -0.25) is 4.79 Å². The molecule has 3 aromatic rings. The number of carbonyl (C=O) groups is 1. The summed E-state index contributed by atoms with van der Waals surface area (Å²) in [6, 6.07) is 10.1. The highest BCUT2D eigenvalue weighted by molar-refractivity contribution is 5.87. The normalized spacial score (nSPS) is 12.4. The average Bonchev–Trinajstić information content (AvgIpc) is 3.05. The van der Waals surface area contributed by atoms with E-state index in [2.05, 4.69) is 15.7 Å². The van der Waals surface area contributed by atoms with Gasteiger partial charge in [-0.25, -0.2) is 18.9 Å². The van der Waals surface area contributed by atoms with Crippen LogP contribution in [-0.4, -0.2) is 37.7 Å². The fraction of sp³-hybridized carbons (Fsp3) is 0.500. The van der Waals surface area contributed by atoms with E-state index in [0.29, 0.717) is 23.7 Å². The molecule has 0 radical (unpaired) electrons. The van der Waals surface area contributed by atoms with Crippen LogP contribution in [0.1, 0.15) is 59.7 Å². The number of anilines is 1. The second-order valence-electron chi connectivity index (χ2n) is 9.95. The molecule has 1 amide bonds. The summed E-state index contributed by atoms with van der Waals surface area (Å²) in [6.07, 6.45) is 2.38. The fourth-order valence-corrected chi connectivity index (χ4v) is 3.39. The van der Waals surface area contributed by atoms with Gasteiger partial charge in [-0.1, -0.05) is 30.3 Å². The summed E-state index contributed by atoms with van der Waals surface area (Å²) in [5.41, 5.74) is 0.422. The van der Waals surface area contributed by atoms with E-state index in [-0.39, 0.29) is 17.6 Å². The molecule has 0 spiro atoms. The molecule has 2 heterocycles. The lowest BCUT2D eigenvalue weighted by Crippen LogP contribution is -2.42. The Hall–Kier alpha value is -3.16. The molecule has 2 N–H and O–H groups in total. The predicted molar refractivity (Wildman–Crippen MR) is 127 cm³/mol. The SMILES string of the molecule is CC(C)Nc1nc(C(C)(C)C(=O)NCCc2ccccc2)cn2c(=O)n(C(C)(C)C)nc12. The number of carbonyl (C=O) groups excluding carboxylic acids is 1. The Morgan fingerprint density at radius 2 is 1.75 bits per heavy atom. The Morgan fingerprint density at radius 1 is 1.09 bits per heavy atom. The molecule has 8 heteroatoms. The van der Waals surface area contributed by atoms with Crippen LogP contribution in [0.4, 0.5) is 5.82 Å². The van der Waals surface area contributed by atoms with Gasteiger partial charge in [0.1, 0.15) is 0 Å². The molecule has 1 aromatic carbocycles. The zero-order valence-corrected chi connectivity index (χ0v) is 20.1. The van der Waals surface area contributed by atoms with Crippen LogP contribution in [0.15, 0.2) is 41.3 Å². The highest BCUT2D eigenvalue weighted by Crippen LogP contribution is 2.25. The molecule has 8 nitrogen and oxygen atoms in total. The molecule has 0 fully saturated rings. The molecule has 0 bridgehead atoms. The van der Waals surface area contributed by atoms with Gasteiger partial charge < -0.3 is 10.6 Å². The van der Waals surface area contributed by atoms with Crippen LogP contribution < -0.4 is 16.3 Å². The van der Waals surface area contributed by atoms with Gasteiger partial charge in [-0.05, 0) is 60.5 Å². The maximum Gasteiger partial charge on any atom is 0.351 e. The first-order chi connectivity index (χ1) is 14.9. The lowest BCUT2D eigenvalue weighted by molar-refractivity contribution is -0.125. The van der Waals surface area contributed by atoms with Gasteiger partial charge in [0.05, 0.1) is 16.6 Å². The predicted octanol–water partition coefficient (Wildman–Crippen LogP) is 3.10. The molecule has 0 unspecified atom stereocenters. The third-order valence-electron chi connectivity index (χ3n) is 5.32. The minimum absolute atomic E-state index is 0.0826. The number of amides is 1. The highest BCUT2D eigenvalue weighted by Gasteiger charge is 2.33. The molecular weight excluding hydrogens is 404 g/mol. The maximum atomic E-state index is 13.1. The number of rotatable bonds is 7. The Kier molecular flexibility index (Phi) is 6.44. The van der Waals surface area contributed by atoms with E-state index < -0.39 is 11.0 Å². The van der Waals surface area contributed by atoms with E-state index in [1.807, 2.05) is 78.8 Å². The number of benzene rings is 1. The fourth-order valence-electron chi connectivity index (χ4n) is 3.39. The molecule has 172 valence electrons. The average molecular weight is 439 g/mol. The Labute approximate surface area is 189 Å². The van der Waals surface area contributed by atoms with E-state index in [4.69, 9.17) is 4.98 Å². The Morgan fingerprint density at radius 3 is 2.34 bits per heavy atom. The van der Waals surface area contributed by atoms with Gasteiger partial charge >= 0.3 is 5.69 Å². The Bertz CT molecular complexity index is 1150. The molecule has 32 heavy (non-hydrogen) atoms. The lowest BCUT2D eigenvalue weighted by Gasteiger charge is -2.24. The molecule has 0 aliphatic heterocycles. The molecule has 0 aliphatic rings. The number of fused-ring (bicyclic) bond motifs is 1. The third-order valence-corrected chi connectivity index (χ3v) is 5.32. The van der Waals surface area contributed by atoms with Crippen molar-refractivity contribution in [2.24, 2.45) is 0 Å². The van der Waals surface area contributed by atoms with Gasteiger partial charge in [-0.2, -0.15) is 0 Å². The topological polar surface area (TPSA) is 93.3 Å². The van der Waals surface area contributed by atoms with Gasteiger partial charge in [0, 0.05) is 18.8 Å². The van der Waals surface area contributed by atoms with Crippen LogP contribution in [0.2, 0.25) is 0 Å². The number of hydrogen-bond acceptors (Lipinski definition) is 5. The standard InChI is InChI=1S/C24H34N6O2/c1-16(2)26-19-20-28-30(23(3,4)5)22(32)29(20)15-18(27-19)24(6,7)21(31)25-14-13-17-11-9-8-10-12-17/h8-12,15-16H,13-14H2,1-7H3,(H,25,31)(H,26,27). The van der Waals surface area contributed by atoms with Crippen molar-refractivity contribution in [3.8, 4) is 0 Å². The zero-order chi connectivity index (χ0) is 23.7. The van der Waals surface area contributed by atoms with Gasteiger partial charge in [0.25, 0.3) is 0 Å². The highest BCUT2D eigenvalue weighted by atomic mass is 16.2. The first-order valence-electron chi connectivity index (χ1n) is 11.0. The van der Waals surface area contributed by atoms with Crippen molar-refractivity contribution in [3.63, 3.8) is 0 Å². The molecule has 0 atom stereocenters. The van der Waals surface area contributed by atoms with Crippen molar-refractivity contribution in [1.29, 1.82) is 0 Å². The van der Waals surface area contributed by atoms with Crippen LogP contribution in [0, 0.1) is 0 Å². The summed E-state index contributed by atoms with van der Waals surface area (Å²) >= 11 is 0. The molecule has 3 rings (SSSR count). The van der Waals surface area contributed by atoms with Gasteiger partial charge in [0.2, 0.25) is 11.6 Å². The van der Waals surface area contributed by atoms with Crippen molar-refractivity contribution < 1.29 is 4.79 Å². The molecular formula is C24H34N6O2. The van der Waals surface area contributed by atoms with E-state index in [1.165, 1.54) is 9.08 Å². The summed E-state index contributed by atoms with van der Waals surface area (Å²) in [7, 11) is 0. The first-order valence-corrected chi connectivity index (χ1v) is 11.0. The van der Waals surface area contributed by atoms with Crippen LogP contribution in [0.5, 0.6) is 0 Å². The van der Waals surface area contributed by atoms with E-state index in [9.17, 15) is 9.59 Å². The van der Waals surface area contributed by atoms with Crippen molar-refractivity contribution in [2.45, 2.75) is 71.9 Å². The zero-order valence-electron chi connectivity index (χ0n) is 20.1. The van der Waals surface area contributed by atoms with Crippen LogP contribution >= 0.6 is 0 Å². The van der Waals surface area contributed by atoms with Crippen LogP contribution in [-0.2, 0) is 22.2 Å². The summed E-state index contributed by atoms with van der Waals surface area (Å²) in [5.74, 6) is 0.342. The summed E-state index contributed by atoms with van der Waals surface area (Å²) in [4.78, 5) is 30.9. The van der Waals surface area contributed by atoms with E-state index >= 15 is 0 Å². The minimum atomic E-state index is -0.943. The summed E-state index contributed by atoms with van der Waals surface area (Å²) in [5, 5.41) is 10.8. The van der Waals surface area contributed by atoms with Gasteiger partial charge in [-0.15, -0.1) is 5.10 Å². The largest absolute Gasteiger partial charge is 0.365 e. The lowest BCUT2D eigenvalue weighted by atomic mass is 9.88. The molecule has 0 aliphatic carbocycles. The summed E-state index contributed by atoms with van der Waals surface area (Å²) in [6.45, 7) is 13.9. The van der Waals surface area contributed by atoms with Crippen molar-refractivity contribution in [3.05, 3.63) is 58.3 Å². The summed E-state index contributed by atoms with van der Waals surface area (Å²) < 4.78 is 2.93. The molecule has 0 saturated heterocycles. The van der Waals surface area contributed by atoms with E-state index in [0.717, 1.165) is 12.0 Å². The smallest absolute Gasteiger partial charge is 0.351 e. The number of hydrogen-bond donors (Lipinski definition) is 2. The second kappa shape index (κ2) is 8.76. The molecule has 0 saturated carbocycles. The third kappa shape index (κ3) is 4.84. The van der Waals surface area contributed by atoms with Crippen LogP contribution in [0.3, 0.4) is 0 Å². The minimum Gasteiger partial charge on any atom is -0.365 e. The second-order valence-corrected chi connectivity index (χ2v) is 9.95. The monoisotopic (exact) mass is 438 g/mol. The number of aromatic nitrogens is 4. The van der Waals surface area contributed by atoms with E-state index in [1.54, 1.807) is 6.20 Å². The van der Waals surface area contributed by atoms with Crippen molar-refractivity contribution >= 4 is 17.4 Å². The molecule has 2 aromatic heterocycles. The van der Waals surface area contributed by atoms with Crippen molar-refractivity contribution in [2.75, 3.05) is 11.9 Å². The first kappa shape index (κ1) is 23.5. The van der Waals surface area contributed by atoms with Crippen molar-refractivity contribution in [1.82, 2.24) is 24.5 Å². The van der Waals surface area contributed by atoms with Crippen LogP contribution in [0.25, 0.3) is 5.65 Å².